The van der Waals surface area contributed by atoms with Gasteiger partial charge in [-0.15, -0.1) is 0 Å². The zero-order chi connectivity index (χ0) is 39.8. The van der Waals surface area contributed by atoms with Crippen molar-refractivity contribution in [3.63, 3.8) is 0 Å². The van der Waals surface area contributed by atoms with E-state index in [-0.39, 0.29) is 5.41 Å². The van der Waals surface area contributed by atoms with Crippen LogP contribution < -0.4 is 0 Å². The fourth-order valence-electron chi connectivity index (χ4n) is 10.4. The van der Waals surface area contributed by atoms with Crippen LogP contribution in [0.5, 0.6) is 0 Å². The average molecular weight is 761 g/mol. The molecule has 0 fully saturated rings. The molecule has 0 nitrogen and oxygen atoms in total. The summed E-state index contributed by atoms with van der Waals surface area (Å²) >= 11 is 0. The Morgan fingerprint density at radius 1 is 0.283 bits per heavy atom. The predicted octanol–water partition coefficient (Wildman–Crippen LogP) is 16.3. The maximum absolute atomic E-state index is 2.47. The maximum atomic E-state index is 2.47. The van der Waals surface area contributed by atoms with Crippen molar-refractivity contribution in [3.8, 4) is 55.6 Å². The van der Waals surface area contributed by atoms with Crippen LogP contribution in [-0.4, -0.2) is 0 Å². The summed E-state index contributed by atoms with van der Waals surface area (Å²) < 4.78 is 0. The van der Waals surface area contributed by atoms with Crippen molar-refractivity contribution in [3.05, 3.63) is 241 Å². The first-order valence-corrected chi connectivity index (χ1v) is 21.0. The fraction of sp³-hybridized carbons (Fsp3) is 0.0333. The Morgan fingerprint density at radius 2 is 0.850 bits per heavy atom. The van der Waals surface area contributed by atoms with Gasteiger partial charge in [-0.25, -0.2) is 0 Å². The molecule has 0 N–H and O–H groups in total. The van der Waals surface area contributed by atoms with E-state index in [9.17, 15) is 0 Å². The van der Waals surface area contributed by atoms with Crippen molar-refractivity contribution in [2.75, 3.05) is 0 Å². The van der Waals surface area contributed by atoms with E-state index in [0.717, 1.165) is 0 Å². The number of rotatable bonds is 5. The Bertz CT molecular complexity index is 3480. The van der Waals surface area contributed by atoms with Gasteiger partial charge in [-0.1, -0.05) is 200 Å². The lowest BCUT2D eigenvalue weighted by Gasteiger charge is -2.29. The molecule has 280 valence electrons. The lowest BCUT2D eigenvalue weighted by atomic mass is 9.73. The van der Waals surface area contributed by atoms with Gasteiger partial charge in [0.05, 0.1) is 0 Å². The minimum Gasteiger partial charge on any atom is -0.0622 e. The Balaban J connectivity index is 1.10. The minimum absolute atomic E-state index is 0.305. The van der Waals surface area contributed by atoms with E-state index in [4.69, 9.17) is 0 Å². The average Bonchev–Trinajstić information content (AvgIpc) is 3.57. The molecule has 0 spiro atoms. The number of hydrogen-bond acceptors (Lipinski definition) is 0. The van der Waals surface area contributed by atoms with Gasteiger partial charge >= 0.3 is 0 Å². The van der Waals surface area contributed by atoms with E-state index in [1.165, 1.54) is 115 Å². The van der Waals surface area contributed by atoms with Gasteiger partial charge in [-0.05, 0) is 147 Å². The quantitative estimate of drug-likeness (QED) is 0.121. The van der Waals surface area contributed by atoms with Crippen molar-refractivity contribution in [2.24, 2.45) is 0 Å². The third-order valence-corrected chi connectivity index (χ3v) is 13.3. The third-order valence-electron chi connectivity index (χ3n) is 13.3. The predicted molar refractivity (Wildman–Crippen MR) is 256 cm³/mol. The van der Waals surface area contributed by atoms with Crippen LogP contribution in [0.2, 0.25) is 0 Å². The molecule has 11 aromatic rings. The van der Waals surface area contributed by atoms with Crippen molar-refractivity contribution >= 4 is 43.1 Å². The van der Waals surface area contributed by atoms with Crippen LogP contribution in [0.15, 0.2) is 224 Å². The second-order valence-corrected chi connectivity index (χ2v) is 16.5. The highest BCUT2D eigenvalue weighted by Crippen LogP contribution is 2.55. The molecule has 11 aromatic carbocycles. The minimum atomic E-state index is -0.305. The van der Waals surface area contributed by atoms with Crippen molar-refractivity contribution in [1.29, 1.82) is 0 Å². The van der Waals surface area contributed by atoms with E-state index in [2.05, 4.69) is 231 Å². The lowest BCUT2D eigenvalue weighted by molar-refractivity contribution is 0.715. The molecule has 0 amide bonds. The summed E-state index contributed by atoms with van der Waals surface area (Å²) in [5.74, 6) is 0. The van der Waals surface area contributed by atoms with Crippen LogP contribution in [0.4, 0.5) is 0 Å². The molecule has 1 aliphatic rings. The summed E-state index contributed by atoms with van der Waals surface area (Å²) in [6.07, 6.45) is 0. The zero-order valence-corrected chi connectivity index (χ0v) is 33.4. The highest BCUT2D eigenvalue weighted by atomic mass is 14.4. The summed E-state index contributed by atoms with van der Waals surface area (Å²) in [6.45, 7) is 2.42. The number of fused-ring (bicyclic) bond motifs is 8. The first kappa shape index (κ1) is 34.5. The van der Waals surface area contributed by atoms with E-state index in [0.29, 0.717) is 0 Å². The summed E-state index contributed by atoms with van der Waals surface area (Å²) in [5.41, 5.74) is 16.3. The first-order valence-electron chi connectivity index (χ1n) is 21.0. The molecule has 12 rings (SSSR count). The second kappa shape index (κ2) is 13.5. The van der Waals surface area contributed by atoms with Crippen LogP contribution in [0.1, 0.15) is 23.6 Å². The first-order chi connectivity index (χ1) is 29.6. The molecule has 0 saturated heterocycles. The molecule has 0 heterocycles. The lowest BCUT2D eigenvalue weighted by Crippen LogP contribution is -2.22. The smallest absolute Gasteiger partial charge is 0.0435 e. The molecule has 0 heteroatoms. The van der Waals surface area contributed by atoms with Crippen molar-refractivity contribution in [2.45, 2.75) is 12.3 Å². The Labute approximate surface area is 350 Å². The normalized spacial score (nSPS) is 14.5. The Morgan fingerprint density at radius 3 is 1.63 bits per heavy atom. The van der Waals surface area contributed by atoms with Gasteiger partial charge in [-0.3, -0.25) is 0 Å². The third kappa shape index (κ3) is 5.17. The van der Waals surface area contributed by atoms with Crippen molar-refractivity contribution < 1.29 is 0 Å². The van der Waals surface area contributed by atoms with Crippen LogP contribution in [0.3, 0.4) is 0 Å². The second-order valence-electron chi connectivity index (χ2n) is 16.5. The monoisotopic (exact) mass is 760 g/mol. The van der Waals surface area contributed by atoms with Crippen LogP contribution in [-0.2, 0) is 5.41 Å². The largest absolute Gasteiger partial charge is 0.0622 e. The molecular formula is C60H40. The molecule has 0 radical (unpaired) electrons. The molecule has 0 bridgehead atoms. The molecule has 1 atom stereocenters. The molecule has 0 aromatic heterocycles. The van der Waals surface area contributed by atoms with Gasteiger partial charge in [0.15, 0.2) is 0 Å². The van der Waals surface area contributed by atoms with Crippen LogP contribution in [0.25, 0.3) is 98.7 Å². The molecular weight excluding hydrogens is 721 g/mol. The van der Waals surface area contributed by atoms with E-state index in [1.807, 2.05) is 0 Å². The number of hydrogen-bond donors (Lipinski definition) is 0. The summed E-state index contributed by atoms with van der Waals surface area (Å²) in [6, 6.07) is 83.4. The SMILES string of the molecule is CC1(c2ccccc2)c2cc(-c3cccc(-c4c5ccccc5c(-c5ccccc5-c5ccccc5)c5ccc6ccccc6c45)c3)ccc2-c2cc3ccccc3cc21. The molecule has 1 unspecified atom stereocenters. The summed E-state index contributed by atoms with van der Waals surface area (Å²) in [7, 11) is 0. The van der Waals surface area contributed by atoms with Gasteiger partial charge in [0.2, 0.25) is 0 Å². The molecule has 0 aliphatic heterocycles. The van der Waals surface area contributed by atoms with E-state index >= 15 is 0 Å². The zero-order valence-electron chi connectivity index (χ0n) is 33.4. The van der Waals surface area contributed by atoms with E-state index < -0.39 is 0 Å². The Kier molecular flexibility index (Phi) is 7.77. The maximum Gasteiger partial charge on any atom is 0.0435 e. The van der Waals surface area contributed by atoms with Gasteiger partial charge in [-0.2, -0.15) is 0 Å². The Hall–Kier alpha value is -7.54. The van der Waals surface area contributed by atoms with Gasteiger partial charge in [0.25, 0.3) is 0 Å². The topological polar surface area (TPSA) is 0 Å². The number of benzene rings is 11. The van der Waals surface area contributed by atoms with Crippen LogP contribution >= 0.6 is 0 Å². The highest BCUT2D eigenvalue weighted by molar-refractivity contribution is 6.28. The standard InChI is InChI=1S/C60H40/c1-60(46-24-6-3-7-25-46)55-38-44(32-33-49(55)54-36-42-20-8-9-21-43(42)37-56(54)60)41-22-16-23-45(35-41)57-51-29-14-15-30-52(51)58(53-34-31-40-19-10-11-27-48(40)59(53)57)50-28-13-12-26-47(50)39-17-4-2-5-18-39/h2-38H,1H3. The van der Waals surface area contributed by atoms with Gasteiger partial charge in [0, 0.05) is 5.41 Å². The highest BCUT2D eigenvalue weighted by Gasteiger charge is 2.41. The summed E-state index contributed by atoms with van der Waals surface area (Å²) in [5, 5.41) is 10.1. The molecule has 1 aliphatic carbocycles. The molecule has 0 saturated carbocycles. The summed E-state index contributed by atoms with van der Waals surface area (Å²) in [4.78, 5) is 0. The fourth-order valence-corrected chi connectivity index (χ4v) is 10.4. The van der Waals surface area contributed by atoms with Gasteiger partial charge in [0.1, 0.15) is 0 Å². The van der Waals surface area contributed by atoms with E-state index in [1.54, 1.807) is 0 Å². The molecule has 60 heavy (non-hydrogen) atoms. The van der Waals surface area contributed by atoms with Crippen LogP contribution in [0, 0.1) is 0 Å². The van der Waals surface area contributed by atoms with Crippen molar-refractivity contribution in [1.82, 2.24) is 0 Å². The van der Waals surface area contributed by atoms with Gasteiger partial charge < -0.3 is 0 Å².